The fourth-order valence-corrected chi connectivity index (χ4v) is 2.76. The third-order valence-electron chi connectivity index (χ3n) is 3.93. The van der Waals surface area contributed by atoms with Crippen LogP contribution in [0.25, 0.3) is 0 Å². The van der Waals surface area contributed by atoms with E-state index >= 15 is 0 Å². The molecule has 2 fully saturated rings. The van der Waals surface area contributed by atoms with E-state index in [9.17, 15) is 0 Å². The first-order valence-corrected chi connectivity index (χ1v) is 6.12. The lowest BCUT2D eigenvalue weighted by Gasteiger charge is -2.27. The van der Waals surface area contributed by atoms with Crippen LogP contribution in [0.1, 0.15) is 39.5 Å². The van der Waals surface area contributed by atoms with Crippen molar-refractivity contribution in [3.8, 4) is 0 Å². The summed E-state index contributed by atoms with van der Waals surface area (Å²) in [5.41, 5.74) is 0.584. The maximum Gasteiger partial charge on any atom is 0.0232 e. The molecule has 82 valence electrons. The average molecular weight is 196 g/mol. The molecule has 1 unspecified atom stereocenters. The topological polar surface area (TPSA) is 15.3 Å². The van der Waals surface area contributed by atoms with E-state index in [1.54, 1.807) is 0 Å². The molecule has 0 radical (unpaired) electrons. The fraction of sp³-hybridized carbons (Fsp3) is 1.00. The van der Waals surface area contributed by atoms with Gasteiger partial charge in [-0.3, -0.25) is 4.90 Å². The summed E-state index contributed by atoms with van der Waals surface area (Å²) >= 11 is 0. The largest absolute Gasteiger partial charge is 0.315 e. The van der Waals surface area contributed by atoms with Gasteiger partial charge >= 0.3 is 0 Å². The summed E-state index contributed by atoms with van der Waals surface area (Å²) in [6, 6.07) is 0.837. The molecule has 0 bridgehead atoms. The van der Waals surface area contributed by atoms with Crippen LogP contribution in [-0.4, -0.2) is 37.1 Å². The van der Waals surface area contributed by atoms with Crippen molar-refractivity contribution in [3.63, 3.8) is 0 Å². The van der Waals surface area contributed by atoms with Crippen molar-refractivity contribution >= 4 is 0 Å². The summed E-state index contributed by atoms with van der Waals surface area (Å²) in [6.07, 6.45) is 5.54. The Bertz CT molecular complexity index is 183. The predicted octanol–water partition coefficient (Wildman–Crippen LogP) is 1.86. The van der Waals surface area contributed by atoms with Gasteiger partial charge in [-0.2, -0.15) is 0 Å². The molecular weight excluding hydrogens is 172 g/mol. The molecule has 0 aliphatic carbocycles. The predicted molar refractivity (Wildman–Crippen MR) is 60.5 cm³/mol. The summed E-state index contributed by atoms with van der Waals surface area (Å²) in [4.78, 5) is 2.72. The van der Waals surface area contributed by atoms with E-state index in [1.807, 2.05) is 0 Å². The molecule has 2 aliphatic heterocycles. The van der Waals surface area contributed by atoms with Gasteiger partial charge in [0.2, 0.25) is 0 Å². The molecule has 0 amide bonds. The minimum Gasteiger partial charge on any atom is -0.315 e. The Kier molecular flexibility index (Phi) is 3.13. The highest BCUT2D eigenvalue weighted by Crippen LogP contribution is 2.30. The minimum atomic E-state index is 0.584. The Labute approximate surface area is 88.1 Å². The van der Waals surface area contributed by atoms with Crippen molar-refractivity contribution in [1.82, 2.24) is 10.2 Å². The molecule has 2 heteroatoms. The summed E-state index contributed by atoms with van der Waals surface area (Å²) in [5.74, 6) is 0. The zero-order chi connectivity index (χ0) is 10.0. The van der Waals surface area contributed by atoms with E-state index in [-0.39, 0.29) is 0 Å². The quantitative estimate of drug-likeness (QED) is 0.688. The van der Waals surface area contributed by atoms with Crippen LogP contribution in [0.15, 0.2) is 0 Å². The maximum absolute atomic E-state index is 3.47. The Hall–Kier alpha value is -0.0800. The minimum absolute atomic E-state index is 0.584. The van der Waals surface area contributed by atoms with Gasteiger partial charge in [0, 0.05) is 12.6 Å². The first kappa shape index (κ1) is 10.4. The fourth-order valence-electron chi connectivity index (χ4n) is 2.76. The van der Waals surface area contributed by atoms with Gasteiger partial charge in [-0.05, 0) is 50.7 Å². The van der Waals surface area contributed by atoms with Gasteiger partial charge in [0.15, 0.2) is 0 Å². The first-order chi connectivity index (χ1) is 6.67. The Morgan fingerprint density at radius 1 is 1.21 bits per heavy atom. The van der Waals surface area contributed by atoms with Crippen molar-refractivity contribution in [1.29, 1.82) is 0 Å². The normalized spacial score (nSPS) is 34.3. The summed E-state index contributed by atoms with van der Waals surface area (Å²) in [5, 5.41) is 3.47. The summed E-state index contributed by atoms with van der Waals surface area (Å²) < 4.78 is 0. The van der Waals surface area contributed by atoms with E-state index in [2.05, 4.69) is 24.1 Å². The van der Waals surface area contributed by atoms with Crippen molar-refractivity contribution in [3.05, 3.63) is 0 Å². The van der Waals surface area contributed by atoms with Gasteiger partial charge in [0.05, 0.1) is 0 Å². The van der Waals surface area contributed by atoms with Crippen LogP contribution >= 0.6 is 0 Å². The average Bonchev–Trinajstić information content (AvgIpc) is 2.58. The number of hydrogen-bond acceptors (Lipinski definition) is 2. The number of rotatable bonds is 1. The van der Waals surface area contributed by atoms with Gasteiger partial charge < -0.3 is 5.32 Å². The second kappa shape index (κ2) is 4.19. The second-order valence-corrected chi connectivity index (χ2v) is 5.70. The molecule has 2 aliphatic rings. The number of likely N-dealkylation sites (tertiary alicyclic amines) is 1. The van der Waals surface area contributed by atoms with Crippen LogP contribution in [0.3, 0.4) is 0 Å². The van der Waals surface area contributed by atoms with Crippen molar-refractivity contribution in [2.45, 2.75) is 45.6 Å². The maximum atomic E-state index is 3.47. The van der Waals surface area contributed by atoms with Crippen LogP contribution in [0.4, 0.5) is 0 Å². The molecule has 0 aromatic heterocycles. The molecule has 2 saturated heterocycles. The van der Waals surface area contributed by atoms with E-state index in [4.69, 9.17) is 0 Å². The Balaban J connectivity index is 1.88. The van der Waals surface area contributed by atoms with Crippen LogP contribution in [0, 0.1) is 5.41 Å². The van der Waals surface area contributed by atoms with Crippen molar-refractivity contribution < 1.29 is 0 Å². The molecule has 0 aromatic carbocycles. The van der Waals surface area contributed by atoms with Crippen molar-refractivity contribution in [2.75, 3.05) is 26.2 Å². The molecule has 2 rings (SSSR count). The highest BCUT2D eigenvalue weighted by molar-refractivity contribution is 4.84. The van der Waals surface area contributed by atoms with Gasteiger partial charge in [-0.1, -0.05) is 13.8 Å². The van der Waals surface area contributed by atoms with Crippen LogP contribution in [0.2, 0.25) is 0 Å². The molecule has 0 saturated carbocycles. The Morgan fingerprint density at radius 3 is 2.79 bits per heavy atom. The molecule has 0 spiro atoms. The molecule has 0 aromatic rings. The standard InChI is InChI=1S/C12H24N2/c1-12(2)5-3-8-14(9-6-12)11-4-7-13-10-11/h11,13H,3-10H2,1-2H3. The Morgan fingerprint density at radius 2 is 2.07 bits per heavy atom. The summed E-state index contributed by atoms with van der Waals surface area (Å²) in [7, 11) is 0. The first-order valence-electron chi connectivity index (χ1n) is 6.12. The molecular formula is C12H24N2. The smallest absolute Gasteiger partial charge is 0.0232 e. The van der Waals surface area contributed by atoms with E-state index in [0.717, 1.165) is 6.04 Å². The molecule has 1 N–H and O–H groups in total. The van der Waals surface area contributed by atoms with E-state index in [0.29, 0.717) is 5.41 Å². The molecule has 14 heavy (non-hydrogen) atoms. The SMILES string of the molecule is CC1(C)CCCN(C2CCNC2)CC1. The highest BCUT2D eigenvalue weighted by Gasteiger charge is 2.28. The van der Waals surface area contributed by atoms with Crippen LogP contribution in [-0.2, 0) is 0 Å². The third-order valence-corrected chi connectivity index (χ3v) is 3.93. The molecule has 1 atom stereocenters. The number of nitrogens with zero attached hydrogens (tertiary/aromatic N) is 1. The van der Waals surface area contributed by atoms with Crippen molar-refractivity contribution in [2.24, 2.45) is 5.41 Å². The highest BCUT2D eigenvalue weighted by atomic mass is 15.2. The lowest BCUT2D eigenvalue weighted by atomic mass is 9.85. The van der Waals surface area contributed by atoms with Gasteiger partial charge in [0.25, 0.3) is 0 Å². The third kappa shape index (κ3) is 2.48. The lowest BCUT2D eigenvalue weighted by Crippen LogP contribution is -2.37. The zero-order valence-corrected chi connectivity index (χ0v) is 9.68. The van der Waals surface area contributed by atoms with Gasteiger partial charge in [-0.25, -0.2) is 0 Å². The summed E-state index contributed by atoms with van der Waals surface area (Å²) in [6.45, 7) is 9.94. The van der Waals surface area contributed by atoms with E-state index in [1.165, 1.54) is 51.9 Å². The van der Waals surface area contributed by atoms with E-state index < -0.39 is 0 Å². The monoisotopic (exact) mass is 196 g/mol. The van der Waals surface area contributed by atoms with Gasteiger partial charge in [0.1, 0.15) is 0 Å². The van der Waals surface area contributed by atoms with Gasteiger partial charge in [-0.15, -0.1) is 0 Å². The number of nitrogens with one attached hydrogen (secondary N) is 1. The molecule has 2 nitrogen and oxygen atoms in total. The molecule has 2 heterocycles. The van der Waals surface area contributed by atoms with Crippen LogP contribution < -0.4 is 5.32 Å². The zero-order valence-electron chi connectivity index (χ0n) is 9.68. The van der Waals surface area contributed by atoms with Crippen LogP contribution in [0.5, 0.6) is 0 Å². The number of hydrogen-bond donors (Lipinski definition) is 1. The second-order valence-electron chi connectivity index (χ2n) is 5.70. The lowest BCUT2D eigenvalue weighted by molar-refractivity contribution is 0.206.